The number of nitrogens with zero attached hydrogens (tertiary/aromatic N) is 1. The molecule has 1 saturated heterocycles. The van der Waals surface area contributed by atoms with Crippen LogP contribution in [0.2, 0.25) is 0 Å². The summed E-state index contributed by atoms with van der Waals surface area (Å²) in [5, 5.41) is 8.68. The van der Waals surface area contributed by atoms with Crippen LogP contribution in [-0.4, -0.2) is 29.3 Å². The van der Waals surface area contributed by atoms with E-state index in [-0.39, 0.29) is 11.8 Å². The van der Waals surface area contributed by atoms with Crippen molar-refractivity contribution in [2.45, 2.75) is 18.3 Å². The molecule has 1 aliphatic heterocycles. The minimum absolute atomic E-state index is 0.167. The Morgan fingerprint density at radius 1 is 1.53 bits per heavy atom. The zero-order valence-electron chi connectivity index (χ0n) is 8.35. The summed E-state index contributed by atoms with van der Waals surface area (Å²) < 4.78 is 5.19. The fourth-order valence-electron chi connectivity index (χ4n) is 1.79. The maximum Gasteiger partial charge on any atom is 0.303 e. The number of rotatable bonds is 4. The molecule has 0 bridgehead atoms. The molecule has 1 N–H and O–H groups in total. The minimum atomic E-state index is -0.766. The average Bonchev–Trinajstić information content (AvgIpc) is 2.17. The predicted molar refractivity (Wildman–Crippen MR) is 53.6 cm³/mol. The van der Waals surface area contributed by atoms with Gasteiger partial charge in [0.15, 0.2) is 0 Å². The third-order valence-corrected chi connectivity index (χ3v) is 2.78. The van der Waals surface area contributed by atoms with E-state index in [1.165, 1.54) is 0 Å². The summed E-state index contributed by atoms with van der Waals surface area (Å²) >= 11 is 0. The first-order valence-corrected chi connectivity index (χ1v) is 4.94. The lowest BCUT2D eigenvalue weighted by atomic mass is 9.78. The van der Waals surface area contributed by atoms with Crippen molar-refractivity contribution in [1.29, 1.82) is 0 Å². The highest BCUT2D eigenvalue weighted by Gasteiger charge is 2.41. The molecule has 0 atom stereocenters. The van der Waals surface area contributed by atoms with Crippen molar-refractivity contribution in [3.8, 4) is 0 Å². The van der Waals surface area contributed by atoms with Gasteiger partial charge in [-0.1, -0.05) is 6.07 Å². The molecule has 0 spiro atoms. The number of pyridine rings is 1. The van der Waals surface area contributed by atoms with Crippen LogP contribution in [0.3, 0.4) is 0 Å². The Kier molecular flexibility index (Phi) is 2.68. The summed E-state index contributed by atoms with van der Waals surface area (Å²) in [6.45, 7) is 1.16. The van der Waals surface area contributed by atoms with Crippen molar-refractivity contribution >= 4 is 5.97 Å². The largest absolute Gasteiger partial charge is 0.481 e. The Labute approximate surface area is 87.9 Å². The fraction of sp³-hybridized carbons (Fsp3) is 0.455. The van der Waals surface area contributed by atoms with Gasteiger partial charge in [-0.25, -0.2) is 0 Å². The van der Waals surface area contributed by atoms with Gasteiger partial charge in [-0.3, -0.25) is 9.78 Å². The van der Waals surface area contributed by atoms with Crippen LogP contribution in [0.15, 0.2) is 24.4 Å². The normalized spacial score (nSPS) is 18.1. The van der Waals surface area contributed by atoms with Gasteiger partial charge in [-0.05, 0) is 18.6 Å². The van der Waals surface area contributed by atoms with Gasteiger partial charge in [-0.15, -0.1) is 0 Å². The molecule has 1 aromatic heterocycles. The van der Waals surface area contributed by atoms with Crippen LogP contribution < -0.4 is 0 Å². The Morgan fingerprint density at radius 3 is 2.80 bits per heavy atom. The SMILES string of the molecule is O=C(O)CCC1(c2ccccn2)COC1. The molecular weight excluding hydrogens is 194 g/mol. The van der Waals surface area contributed by atoms with Crippen LogP contribution in [0, 0.1) is 0 Å². The van der Waals surface area contributed by atoms with Crippen molar-refractivity contribution in [3.05, 3.63) is 30.1 Å². The van der Waals surface area contributed by atoms with E-state index in [0.717, 1.165) is 5.69 Å². The number of carboxylic acid groups (broad SMARTS) is 1. The quantitative estimate of drug-likeness (QED) is 0.806. The van der Waals surface area contributed by atoms with Crippen molar-refractivity contribution in [2.24, 2.45) is 0 Å². The Bertz CT molecular complexity index is 346. The van der Waals surface area contributed by atoms with E-state index in [1.807, 2.05) is 18.2 Å². The Balaban J connectivity index is 2.12. The smallest absolute Gasteiger partial charge is 0.303 e. The second-order valence-electron chi connectivity index (χ2n) is 3.88. The summed E-state index contributed by atoms with van der Waals surface area (Å²) in [7, 11) is 0. The molecule has 4 heteroatoms. The van der Waals surface area contributed by atoms with E-state index in [4.69, 9.17) is 9.84 Å². The third-order valence-electron chi connectivity index (χ3n) is 2.78. The highest BCUT2D eigenvalue weighted by molar-refractivity contribution is 5.66. The minimum Gasteiger partial charge on any atom is -0.481 e. The zero-order chi connectivity index (χ0) is 10.7. The number of aliphatic carboxylic acids is 1. The van der Waals surface area contributed by atoms with Crippen molar-refractivity contribution in [3.63, 3.8) is 0 Å². The number of ether oxygens (including phenoxy) is 1. The molecule has 1 aliphatic rings. The van der Waals surface area contributed by atoms with E-state index in [9.17, 15) is 4.79 Å². The lowest BCUT2D eigenvalue weighted by Gasteiger charge is -2.40. The maximum absolute atomic E-state index is 10.6. The van der Waals surface area contributed by atoms with Crippen LogP contribution >= 0.6 is 0 Å². The monoisotopic (exact) mass is 207 g/mol. The zero-order valence-corrected chi connectivity index (χ0v) is 8.35. The fourth-order valence-corrected chi connectivity index (χ4v) is 1.79. The highest BCUT2D eigenvalue weighted by atomic mass is 16.5. The molecular formula is C11H13NO3. The number of hydrogen-bond donors (Lipinski definition) is 1. The second-order valence-corrected chi connectivity index (χ2v) is 3.88. The molecule has 2 heterocycles. The standard InChI is InChI=1S/C11H13NO3/c13-10(14)4-5-11(7-15-8-11)9-3-1-2-6-12-9/h1-3,6H,4-5,7-8H2,(H,13,14). The van der Waals surface area contributed by atoms with Gasteiger partial charge in [0.25, 0.3) is 0 Å². The molecule has 2 rings (SSSR count). The lowest BCUT2D eigenvalue weighted by Crippen LogP contribution is -2.47. The van der Waals surface area contributed by atoms with Crippen LogP contribution in [0.5, 0.6) is 0 Å². The van der Waals surface area contributed by atoms with Crippen LogP contribution in [0.4, 0.5) is 0 Å². The summed E-state index contributed by atoms with van der Waals surface area (Å²) in [5.74, 6) is -0.766. The summed E-state index contributed by atoms with van der Waals surface area (Å²) in [6, 6.07) is 5.71. The first-order chi connectivity index (χ1) is 7.23. The molecule has 15 heavy (non-hydrogen) atoms. The van der Waals surface area contributed by atoms with Gasteiger partial charge in [0, 0.05) is 12.6 Å². The Morgan fingerprint density at radius 2 is 2.33 bits per heavy atom. The molecule has 0 radical (unpaired) electrons. The number of carbonyl (C=O) groups is 1. The van der Waals surface area contributed by atoms with Crippen LogP contribution in [0.1, 0.15) is 18.5 Å². The molecule has 4 nitrogen and oxygen atoms in total. The van der Waals surface area contributed by atoms with Crippen molar-refractivity contribution in [1.82, 2.24) is 4.98 Å². The van der Waals surface area contributed by atoms with Crippen LogP contribution in [-0.2, 0) is 14.9 Å². The first kappa shape index (κ1) is 10.1. The Hall–Kier alpha value is -1.42. The molecule has 0 saturated carbocycles. The van der Waals surface area contributed by atoms with E-state index in [1.54, 1.807) is 6.20 Å². The maximum atomic E-state index is 10.6. The van der Waals surface area contributed by atoms with Gasteiger partial charge in [-0.2, -0.15) is 0 Å². The van der Waals surface area contributed by atoms with E-state index >= 15 is 0 Å². The molecule has 0 aromatic carbocycles. The van der Waals surface area contributed by atoms with Gasteiger partial charge < -0.3 is 9.84 Å². The molecule has 0 unspecified atom stereocenters. The van der Waals surface area contributed by atoms with Gasteiger partial charge >= 0.3 is 5.97 Å². The second kappa shape index (κ2) is 3.98. The summed E-state index contributed by atoms with van der Waals surface area (Å²) in [4.78, 5) is 14.8. The first-order valence-electron chi connectivity index (χ1n) is 4.94. The third kappa shape index (κ3) is 1.99. The topological polar surface area (TPSA) is 59.4 Å². The molecule has 1 fully saturated rings. The molecule has 0 aliphatic carbocycles. The van der Waals surface area contributed by atoms with E-state index < -0.39 is 5.97 Å². The molecule has 80 valence electrons. The van der Waals surface area contributed by atoms with E-state index in [0.29, 0.717) is 19.6 Å². The van der Waals surface area contributed by atoms with Gasteiger partial charge in [0.1, 0.15) is 0 Å². The highest BCUT2D eigenvalue weighted by Crippen LogP contribution is 2.35. The summed E-state index contributed by atoms with van der Waals surface area (Å²) in [6.07, 6.45) is 2.50. The predicted octanol–water partition coefficient (Wildman–Crippen LogP) is 1.21. The lowest BCUT2D eigenvalue weighted by molar-refractivity contribution is -0.139. The number of hydrogen-bond acceptors (Lipinski definition) is 3. The van der Waals surface area contributed by atoms with Gasteiger partial charge in [0.2, 0.25) is 0 Å². The number of carboxylic acids is 1. The molecule has 0 amide bonds. The van der Waals surface area contributed by atoms with Crippen LogP contribution in [0.25, 0.3) is 0 Å². The van der Waals surface area contributed by atoms with Crippen molar-refractivity contribution < 1.29 is 14.6 Å². The summed E-state index contributed by atoms with van der Waals surface area (Å²) in [5.41, 5.74) is 0.775. The average molecular weight is 207 g/mol. The molecule has 1 aromatic rings. The number of aromatic nitrogens is 1. The van der Waals surface area contributed by atoms with Gasteiger partial charge in [0.05, 0.1) is 24.3 Å². The van der Waals surface area contributed by atoms with E-state index in [2.05, 4.69) is 4.98 Å². The van der Waals surface area contributed by atoms with Crippen molar-refractivity contribution in [2.75, 3.05) is 13.2 Å².